The van der Waals surface area contributed by atoms with Crippen LogP contribution in [0.2, 0.25) is 0 Å². The van der Waals surface area contributed by atoms with E-state index in [2.05, 4.69) is 6.07 Å². The highest BCUT2D eigenvalue weighted by atomic mass is 16.5. The summed E-state index contributed by atoms with van der Waals surface area (Å²) in [5.74, 6) is 0.573. The summed E-state index contributed by atoms with van der Waals surface area (Å²) < 4.78 is 5.62. The van der Waals surface area contributed by atoms with E-state index in [4.69, 9.17) is 10.00 Å². The van der Waals surface area contributed by atoms with Crippen LogP contribution < -0.4 is 4.74 Å². The van der Waals surface area contributed by atoms with Gasteiger partial charge >= 0.3 is 0 Å². The molecule has 0 spiro atoms. The number of hydrogen-bond donors (Lipinski definition) is 0. The Hall–Kier alpha value is -3.58. The minimum absolute atomic E-state index is 0.000450. The average molecular weight is 356 g/mol. The lowest BCUT2D eigenvalue weighted by Gasteiger charge is -2.17. The van der Waals surface area contributed by atoms with Crippen LogP contribution in [-0.4, -0.2) is 24.5 Å². The summed E-state index contributed by atoms with van der Waals surface area (Å²) in [5, 5.41) is 8.86. The fourth-order valence-electron chi connectivity index (χ4n) is 2.68. The summed E-state index contributed by atoms with van der Waals surface area (Å²) in [5.41, 5.74) is 3.77. The minimum atomic E-state index is -0.0741. The molecule has 0 radical (unpaired) electrons. The van der Waals surface area contributed by atoms with E-state index in [-0.39, 0.29) is 12.5 Å². The van der Waals surface area contributed by atoms with Gasteiger partial charge in [-0.1, -0.05) is 54.6 Å². The van der Waals surface area contributed by atoms with E-state index >= 15 is 0 Å². The predicted octanol–water partition coefficient (Wildman–Crippen LogP) is 4.26. The number of carbonyl (C=O) groups is 1. The molecule has 0 atom stereocenters. The molecule has 27 heavy (non-hydrogen) atoms. The van der Waals surface area contributed by atoms with Gasteiger partial charge in [-0.2, -0.15) is 5.26 Å². The maximum Gasteiger partial charge on any atom is 0.260 e. The second-order valence-corrected chi connectivity index (χ2v) is 6.24. The van der Waals surface area contributed by atoms with E-state index in [1.807, 2.05) is 66.7 Å². The molecule has 4 nitrogen and oxygen atoms in total. The maximum atomic E-state index is 12.2. The summed E-state index contributed by atoms with van der Waals surface area (Å²) in [6, 6.07) is 26.9. The Morgan fingerprint density at radius 2 is 1.52 bits per heavy atom. The molecule has 4 heteroatoms. The molecule has 0 heterocycles. The van der Waals surface area contributed by atoms with Gasteiger partial charge in [0, 0.05) is 13.6 Å². The lowest BCUT2D eigenvalue weighted by atomic mass is 10.0. The number of nitriles is 1. The van der Waals surface area contributed by atoms with Gasteiger partial charge in [0.2, 0.25) is 0 Å². The molecule has 3 aromatic rings. The number of rotatable bonds is 6. The van der Waals surface area contributed by atoms with Crippen LogP contribution >= 0.6 is 0 Å². The van der Waals surface area contributed by atoms with Crippen LogP contribution in [0.3, 0.4) is 0 Å². The summed E-state index contributed by atoms with van der Waals surface area (Å²) >= 11 is 0. The van der Waals surface area contributed by atoms with Crippen molar-refractivity contribution in [1.29, 1.82) is 5.26 Å². The van der Waals surface area contributed by atoms with E-state index in [9.17, 15) is 4.79 Å². The molecule has 0 aromatic heterocycles. The van der Waals surface area contributed by atoms with Gasteiger partial charge in [-0.3, -0.25) is 4.79 Å². The highest BCUT2D eigenvalue weighted by Gasteiger charge is 2.10. The van der Waals surface area contributed by atoms with Gasteiger partial charge in [0.1, 0.15) is 5.75 Å². The average Bonchev–Trinajstić information content (AvgIpc) is 2.73. The fraction of sp³-hybridized carbons (Fsp3) is 0.130. The van der Waals surface area contributed by atoms with Gasteiger partial charge < -0.3 is 9.64 Å². The molecule has 0 bridgehead atoms. The first kappa shape index (κ1) is 18.2. The van der Waals surface area contributed by atoms with Crippen molar-refractivity contribution in [2.75, 3.05) is 13.7 Å². The van der Waals surface area contributed by atoms with Crippen molar-refractivity contribution in [3.8, 4) is 22.9 Å². The van der Waals surface area contributed by atoms with Gasteiger partial charge in [-0.15, -0.1) is 0 Å². The Bertz CT molecular complexity index is 927. The fourth-order valence-corrected chi connectivity index (χ4v) is 2.68. The molecule has 0 aliphatic rings. The number of carbonyl (C=O) groups excluding carboxylic acids is 1. The molecule has 0 aliphatic carbocycles. The Morgan fingerprint density at radius 1 is 0.926 bits per heavy atom. The molecule has 1 amide bonds. The topological polar surface area (TPSA) is 53.3 Å². The quantitative estimate of drug-likeness (QED) is 0.663. The van der Waals surface area contributed by atoms with Gasteiger partial charge in [0.25, 0.3) is 5.91 Å². The molecule has 0 N–H and O–H groups in total. The Morgan fingerprint density at radius 3 is 2.11 bits per heavy atom. The van der Waals surface area contributed by atoms with Crippen molar-refractivity contribution in [3.05, 3.63) is 90.0 Å². The summed E-state index contributed by atoms with van der Waals surface area (Å²) in [7, 11) is 1.77. The molecular formula is C23H20N2O2. The van der Waals surface area contributed by atoms with Crippen LogP contribution in [-0.2, 0) is 11.3 Å². The van der Waals surface area contributed by atoms with Crippen LogP contribution in [0.15, 0.2) is 78.9 Å². The molecule has 0 unspecified atom stereocenters. The van der Waals surface area contributed by atoms with Crippen LogP contribution in [0.4, 0.5) is 0 Å². The highest BCUT2D eigenvalue weighted by Crippen LogP contribution is 2.22. The summed E-state index contributed by atoms with van der Waals surface area (Å²) in [6.45, 7) is 0.556. The predicted molar refractivity (Wildman–Crippen MR) is 105 cm³/mol. The van der Waals surface area contributed by atoms with Crippen LogP contribution in [0.5, 0.6) is 5.75 Å². The lowest BCUT2D eigenvalue weighted by Crippen LogP contribution is -2.30. The third kappa shape index (κ3) is 4.96. The van der Waals surface area contributed by atoms with E-state index in [0.717, 1.165) is 16.7 Å². The van der Waals surface area contributed by atoms with Crippen molar-refractivity contribution < 1.29 is 9.53 Å². The largest absolute Gasteiger partial charge is 0.484 e. The summed E-state index contributed by atoms with van der Waals surface area (Å²) in [6.07, 6.45) is 0. The number of ether oxygens (including phenoxy) is 1. The second-order valence-electron chi connectivity index (χ2n) is 6.24. The Labute approximate surface area is 159 Å². The van der Waals surface area contributed by atoms with Crippen LogP contribution in [0.25, 0.3) is 11.1 Å². The first-order valence-electron chi connectivity index (χ1n) is 8.67. The zero-order chi connectivity index (χ0) is 19.1. The molecule has 0 saturated carbocycles. The zero-order valence-corrected chi connectivity index (χ0v) is 15.1. The zero-order valence-electron chi connectivity index (χ0n) is 15.1. The maximum absolute atomic E-state index is 12.2. The number of benzene rings is 3. The van der Waals surface area contributed by atoms with E-state index in [1.165, 1.54) is 0 Å². The number of likely N-dealkylation sites (N-methyl/N-ethyl adjacent to an activating group) is 1. The molecular weight excluding hydrogens is 336 g/mol. The van der Waals surface area contributed by atoms with Crippen molar-refractivity contribution in [2.45, 2.75) is 6.54 Å². The van der Waals surface area contributed by atoms with Crippen molar-refractivity contribution in [3.63, 3.8) is 0 Å². The van der Waals surface area contributed by atoms with Crippen molar-refractivity contribution >= 4 is 5.91 Å². The molecule has 134 valence electrons. The van der Waals surface area contributed by atoms with E-state index < -0.39 is 0 Å². The molecule has 3 aromatic carbocycles. The van der Waals surface area contributed by atoms with Crippen molar-refractivity contribution in [1.82, 2.24) is 4.90 Å². The van der Waals surface area contributed by atoms with Crippen LogP contribution in [0, 0.1) is 11.3 Å². The molecule has 0 aliphatic heterocycles. The first-order valence-corrected chi connectivity index (χ1v) is 8.67. The van der Waals surface area contributed by atoms with E-state index in [1.54, 1.807) is 24.1 Å². The summed E-state index contributed by atoms with van der Waals surface area (Å²) in [4.78, 5) is 13.9. The third-order valence-corrected chi connectivity index (χ3v) is 4.25. The van der Waals surface area contributed by atoms with Gasteiger partial charge in [0.05, 0.1) is 11.6 Å². The highest BCUT2D eigenvalue weighted by molar-refractivity contribution is 5.77. The van der Waals surface area contributed by atoms with Gasteiger partial charge in [0.15, 0.2) is 6.61 Å². The SMILES string of the molecule is CN(Cc1ccccc1)C(=O)COc1ccc(-c2ccc(C#N)cc2)cc1. The smallest absolute Gasteiger partial charge is 0.260 e. The molecule has 0 saturated heterocycles. The first-order chi connectivity index (χ1) is 13.2. The molecule has 0 fully saturated rings. The monoisotopic (exact) mass is 356 g/mol. The van der Waals surface area contributed by atoms with Gasteiger partial charge in [-0.25, -0.2) is 0 Å². The Kier molecular flexibility index (Phi) is 5.86. The second kappa shape index (κ2) is 8.68. The minimum Gasteiger partial charge on any atom is -0.484 e. The van der Waals surface area contributed by atoms with Crippen molar-refractivity contribution in [2.24, 2.45) is 0 Å². The normalized spacial score (nSPS) is 10.1. The van der Waals surface area contributed by atoms with E-state index in [0.29, 0.717) is 17.9 Å². The number of nitrogens with zero attached hydrogens (tertiary/aromatic N) is 2. The third-order valence-electron chi connectivity index (χ3n) is 4.25. The number of hydrogen-bond acceptors (Lipinski definition) is 3. The van der Waals surface area contributed by atoms with Crippen LogP contribution in [0.1, 0.15) is 11.1 Å². The Balaban J connectivity index is 1.55. The molecule has 3 rings (SSSR count). The lowest BCUT2D eigenvalue weighted by molar-refractivity contribution is -0.132. The van der Waals surface area contributed by atoms with Gasteiger partial charge in [-0.05, 0) is 41.0 Å². The standard InChI is InChI=1S/C23H20N2O2/c1-25(16-19-5-3-2-4-6-19)23(26)17-27-22-13-11-21(12-14-22)20-9-7-18(15-24)8-10-20/h2-14H,16-17H2,1H3. The number of amides is 1.